The number of fused-ring (bicyclic) bond motifs is 3. The Balaban J connectivity index is 1.58. The molecule has 2 aromatic carbocycles. The molecule has 7 nitrogen and oxygen atoms in total. The average molecular weight is 514 g/mol. The summed E-state index contributed by atoms with van der Waals surface area (Å²) in [5.74, 6) is 2.41. The van der Waals surface area contributed by atoms with Crippen LogP contribution in [0.3, 0.4) is 0 Å². The Morgan fingerprint density at radius 3 is 2.66 bits per heavy atom. The molecule has 1 amide bonds. The Labute approximate surface area is 198 Å². The number of nitrogens with zero attached hydrogens (tertiary/aromatic N) is 4. The summed E-state index contributed by atoms with van der Waals surface area (Å²) < 4.78 is 4.49. The molecule has 32 heavy (non-hydrogen) atoms. The zero-order valence-corrected chi connectivity index (χ0v) is 20.3. The van der Waals surface area contributed by atoms with Crippen molar-refractivity contribution in [2.45, 2.75) is 32.6 Å². The standard InChI is InChI=1S/C23H24BrN5O2S/c1-15(2)11-12-28-22(31)16-7-3-6-10-19(16)29-20(26-27-23(28)29)13-32-14-21(30)25-18-9-5-4-8-17(18)24/h3-10,15H,11-14H2,1-2H3,(H,25,30). The monoisotopic (exact) mass is 513 g/mol. The van der Waals surface area contributed by atoms with Gasteiger partial charge in [-0.05, 0) is 52.5 Å². The number of aryl methyl sites for hydroxylation is 1. The molecule has 166 valence electrons. The molecule has 0 radical (unpaired) electrons. The maximum Gasteiger partial charge on any atom is 0.262 e. The van der Waals surface area contributed by atoms with Gasteiger partial charge >= 0.3 is 0 Å². The Morgan fingerprint density at radius 1 is 1.12 bits per heavy atom. The number of carbonyl (C=O) groups is 1. The number of aromatic nitrogens is 4. The smallest absolute Gasteiger partial charge is 0.262 e. The molecule has 0 fully saturated rings. The fourth-order valence-corrected chi connectivity index (χ4v) is 4.59. The van der Waals surface area contributed by atoms with Crippen molar-refractivity contribution in [3.63, 3.8) is 0 Å². The summed E-state index contributed by atoms with van der Waals surface area (Å²) in [6.07, 6.45) is 0.875. The second kappa shape index (κ2) is 9.87. The van der Waals surface area contributed by atoms with Crippen LogP contribution in [-0.4, -0.2) is 30.8 Å². The number of benzene rings is 2. The van der Waals surface area contributed by atoms with E-state index >= 15 is 0 Å². The molecular weight excluding hydrogens is 490 g/mol. The first-order valence-electron chi connectivity index (χ1n) is 10.4. The maximum atomic E-state index is 13.1. The van der Waals surface area contributed by atoms with Gasteiger partial charge in [0.05, 0.1) is 28.1 Å². The van der Waals surface area contributed by atoms with E-state index in [9.17, 15) is 9.59 Å². The van der Waals surface area contributed by atoms with Crippen LogP contribution in [0.2, 0.25) is 0 Å². The second-order valence-electron chi connectivity index (χ2n) is 7.93. The van der Waals surface area contributed by atoms with Gasteiger partial charge in [0.25, 0.3) is 5.56 Å². The van der Waals surface area contributed by atoms with Crippen molar-refractivity contribution in [2.75, 3.05) is 11.1 Å². The van der Waals surface area contributed by atoms with Gasteiger partial charge in [-0.1, -0.05) is 38.1 Å². The highest BCUT2D eigenvalue weighted by Gasteiger charge is 2.17. The van der Waals surface area contributed by atoms with Crippen molar-refractivity contribution < 1.29 is 4.79 Å². The molecule has 9 heteroatoms. The number of rotatable bonds is 8. The molecule has 0 bridgehead atoms. The zero-order valence-electron chi connectivity index (χ0n) is 17.9. The van der Waals surface area contributed by atoms with Crippen LogP contribution in [0, 0.1) is 5.92 Å². The number of para-hydroxylation sites is 2. The zero-order chi connectivity index (χ0) is 22.7. The number of thioether (sulfide) groups is 1. The van der Waals surface area contributed by atoms with Crippen LogP contribution in [0.1, 0.15) is 26.1 Å². The SMILES string of the molecule is CC(C)CCn1c(=O)c2ccccc2n2c(CSCC(=O)Nc3ccccc3Br)nnc12. The Morgan fingerprint density at radius 2 is 1.88 bits per heavy atom. The Hall–Kier alpha value is -2.65. The number of nitrogens with one attached hydrogen (secondary N) is 1. The van der Waals surface area contributed by atoms with Crippen LogP contribution in [0.25, 0.3) is 16.7 Å². The lowest BCUT2D eigenvalue weighted by Crippen LogP contribution is -2.24. The third-order valence-electron chi connectivity index (χ3n) is 5.12. The lowest BCUT2D eigenvalue weighted by Gasteiger charge is -2.12. The fourth-order valence-electron chi connectivity index (χ4n) is 3.48. The predicted molar refractivity (Wildman–Crippen MR) is 133 cm³/mol. The van der Waals surface area contributed by atoms with Crippen LogP contribution in [0.4, 0.5) is 5.69 Å². The van der Waals surface area contributed by atoms with Gasteiger partial charge in [0, 0.05) is 11.0 Å². The fraction of sp³-hybridized carbons (Fsp3) is 0.304. The summed E-state index contributed by atoms with van der Waals surface area (Å²) in [4.78, 5) is 25.5. The highest BCUT2D eigenvalue weighted by molar-refractivity contribution is 9.10. The van der Waals surface area contributed by atoms with Crippen molar-refractivity contribution in [2.24, 2.45) is 5.92 Å². The van der Waals surface area contributed by atoms with Gasteiger partial charge in [-0.2, -0.15) is 0 Å². The van der Waals surface area contributed by atoms with E-state index in [0.29, 0.717) is 35.2 Å². The minimum absolute atomic E-state index is 0.0480. The highest BCUT2D eigenvalue weighted by atomic mass is 79.9. The first kappa shape index (κ1) is 22.5. The second-order valence-corrected chi connectivity index (χ2v) is 9.77. The number of hydrogen-bond acceptors (Lipinski definition) is 5. The predicted octanol–water partition coefficient (Wildman–Crippen LogP) is 4.72. The minimum atomic E-state index is -0.0885. The Kier molecular flexibility index (Phi) is 6.95. The quantitative estimate of drug-likeness (QED) is 0.368. The molecule has 0 aliphatic carbocycles. The van der Waals surface area contributed by atoms with Crippen LogP contribution >= 0.6 is 27.7 Å². The molecular formula is C23H24BrN5O2S. The lowest BCUT2D eigenvalue weighted by molar-refractivity contribution is -0.113. The number of anilines is 1. The molecule has 0 saturated carbocycles. The third-order valence-corrected chi connectivity index (χ3v) is 6.74. The van der Waals surface area contributed by atoms with Gasteiger partial charge < -0.3 is 5.32 Å². The van der Waals surface area contributed by atoms with E-state index in [0.717, 1.165) is 22.1 Å². The number of halogens is 1. The molecule has 0 aliphatic heterocycles. The molecule has 4 aromatic rings. The number of carbonyl (C=O) groups excluding carboxylic acids is 1. The minimum Gasteiger partial charge on any atom is -0.324 e. The largest absolute Gasteiger partial charge is 0.324 e. The molecule has 0 aliphatic rings. The lowest BCUT2D eigenvalue weighted by atomic mass is 10.1. The van der Waals surface area contributed by atoms with Crippen molar-refractivity contribution in [3.05, 3.63) is 69.2 Å². The van der Waals surface area contributed by atoms with E-state index in [-0.39, 0.29) is 17.2 Å². The van der Waals surface area contributed by atoms with Gasteiger partial charge in [0.2, 0.25) is 11.7 Å². The van der Waals surface area contributed by atoms with Crippen LogP contribution < -0.4 is 10.9 Å². The van der Waals surface area contributed by atoms with Gasteiger partial charge in [0.1, 0.15) is 5.82 Å². The maximum absolute atomic E-state index is 13.1. The van der Waals surface area contributed by atoms with Crippen molar-refractivity contribution in [1.29, 1.82) is 0 Å². The van der Waals surface area contributed by atoms with Crippen LogP contribution in [-0.2, 0) is 17.1 Å². The molecule has 2 heterocycles. The van der Waals surface area contributed by atoms with Crippen molar-refractivity contribution in [3.8, 4) is 0 Å². The molecule has 2 aromatic heterocycles. The van der Waals surface area contributed by atoms with E-state index in [1.807, 2.05) is 52.9 Å². The van der Waals surface area contributed by atoms with E-state index in [1.54, 1.807) is 4.57 Å². The van der Waals surface area contributed by atoms with Gasteiger partial charge in [-0.3, -0.25) is 18.6 Å². The molecule has 0 spiro atoms. The van der Waals surface area contributed by atoms with Crippen molar-refractivity contribution >= 4 is 56.0 Å². The van der Waals surface area contributed by atoms with Gasteiger partial charge in [-0.15, -0.1) is 22.0 Å². The van der Waals surface area contributed by atoms with E-state index in [1.165, 1.54) is 11.8 Å². The number of amides is 1. The number of hydrogen-bond donors (Lipinski definition) is 1. The van der Waals surface area contributed by atoms with E-state index in [2.05, 4.69) is 45.3 Å². The highest BCUT2D eigenvalue weighted by Crippen LogP contribution is 2.22. The summed E-state index contributed by atoms with van der Waals surface area (Å²) in [7, 11) is 0. The molecule has 0 unspecified atom stereocenters. The van der Waals surface area contributed by atoms with E-state index < -0.39 is 0 Å². The topological polar surface area (TPSA) is 81.3 Å². The molecule has 0 saturated heterocycles. The van der Waals surface area contributed by atoms with Crippen LogP contribution in [0.15, 0.2) is 57.8 Å². The summed E-state index contributed by atoms with van der Waals surface area (Å²) in [6.45, 7) is 4.85. The summed E-state index contributed by atoms with van der Waals surface area (Å²) in [6, 6.07) is 15.0. The van der Waals surface area contributed by atoms with E-state index in [4.69, 9.17) is 0 Å². The molecule has 1 N–H and O–H groups in total. The third kappa shape index (κ3) is 4.73. The summed E-state index contributed by atoms with van der Waals surface area (Å²) >= 11 is 4.90. The normalized spacial score (nSPS) is 11.5. The Bertz CT molecular complexity index is 1330. The van der Waals surface area contributed by atoms with Gasteiger partial charge in [-0.25, -0.2) is 0 Å². The van der Waals surface area contributed by atoms with Crippen LogP contribution in [0.5, 0.6) is 0 Å². The summed E-state index contributed by atoms with van der Waals surface area (Å²) in [5, 5.41) is 12.2. The first-order chi connectivity index (χ1) is 15.5. The molecule has 0 atom stereocenters. The van der Waals surface area contributed by atoms with Crippen molar-refractivity contribution in [1.82, 2.24) is 19.2 Å². The summed E-state index contributed by atoms with van der Waals surface area (Å²) in [5.41, 5.74) is 1.48. The molecule has 4 rings (SSSR count). The first-order valence-corrected chi connectivity index (χ1v) is 12.4. The van der Waals surface area contributed by atoms with Gasteiger partial charge in [0.15, 0.2) is 0 Å². The average Bonchev–Trinajstić information content (AvgIpc) is 3.19.